The van der Waals surface area contributed by atoms with Crippen LogP contribution in [0.5, 0.6) is 0 Å². The molecule has 2 aliphatic rings. The van der Waals surface area contributed by atoms with Gasteiger partial charge in [-0.2, -0.15) is 5.10 Å². The van der Waals surface area contributed by atoms with Crippen molar-refractivity contribution in [3.63, 3.8) is 0 Å². The lowest BCUT2D eigenvalue weighted by atomic mass is 9.87. The maximum Gasteiger partial charge on any atom is 0.358 e. The molecule has 6 heteroatoms. The van der Waals surface area contributed by atoms with Crippen LogP contribution in [0.1, 0.15) is 56.4 Å². The van der Waals surface area contributed by atoms with E-state index in [1.54, 1.807) is 6.07 Å². The van der Waals surface area contributed by atoms with Crippen LogP contribution < -0.4 is 0 Å². The third-order valence-corrected chi connectivity index (χ3v) is 5.33. The van der Waals surface area contributed by atoms with Crippen LogP contribution in [0.15, 0.2) is 24.3 Å². The Kier molecular flexibility index (Phi) is 4.03. The van der Waals surface area contributed by atoms with Crippen molar-refractivity contribution in [3.8, 4) is 0 Å². The Balaban J connectivity index is 1.39. The van der Waals surface area contributed by atoms with Gasteiger partial charge in [0.1, 0.15) is 0 Å². The minimum atomic E-state index is -0.434. The van der Waals surface area contributed by atoms with Gasteiger partial charge in [0.2, 0.25) is 0 Å². The van der Waals surface area contributed by atoms with Gasteiger partial charge in [-0.3, -0.25) is 9.89 Å². The summed E-state index contributed by atoms with van der Waals surface area (Å²) in [5.41, 5.74) is 4.72. The zero-order chi connectivity index (χ0) is 17.4. The molecule has 1 aromatic carbocycles. The largest absolute Gasteiger partial charge is 0.464 e. The Morgan fingerprint density at radius 1 is 1.16 bits per heavy atom. The van der Waals surface area contributed by atoms with Crippen molar-refractivity contribution in [2.45, 2.75) is 31.6 Å². The number of fused-ring (bicyclic) bond motifs is 1. The third kappa shape index (κ3) is 2.92. The normalized spacial score (nSPS) is 16.9. The van der Waals surface area contributed by atoms with E-state index in [1.165, 1.54) is 18.2 Å². The fourth-order valence-electron chi connectivity index (χ4n) is 3.66. The first-order chi connectivity index (χ1) is 12.2. The first-order valence-electron chi connectivity index (χ1n) is 8.70. The molecule has 0 saturated carbocycles. The number of nitrogens with zero attached hydrogens (tertiary/aromatic N) is 2. The van der Waals surface area contributed by atoms with Gasteiger partial charge in [0.05, 0.1) is 7.11 Å². The van der Waals surface area contributed by atoms with Gasteiger partial charge < -0.3 is 9.64 Å². The Bertz CT molecular complexity index is 819. The van der Waals surface area contributed by atoms with Crippen LogP contribution in [0.4, 0.5) is 0 Å². The number of amides is 1. The van der Waals surface area contributed by atoms with Gasteiger partial charge in [0.15, 0.2) is 5.69 Å². The van der Waals surface area contributed by atoms with Crippen molar-refractivity contribution < 1.29 is 14.3 Å². The summed E-state index contributed by atoms with van der Waals surface area (Å²) in [4.78, 5) is 26.1. The second-order valence-electron chi connectivity index (χ2n) is 6.75. The maximum absolute atomic E-state index is 12.7. The lowest BCUT2D eigenvalue weighted by Gasteiger charge is -2.32. The van der Waals surface area contributed by atoms with E-state index in [9.17, 15) is 9.59 Å². The molecular weight excluding hydrogens is 318 g/mol. The molecule has 0 bridgehead atoms. The van der Waals surface area contributed by atoms with Gasteiger partial charge in [-0.15, -0.1) is 0 Å². The van der Waals surface area contributed by atoms with Crippen LogP contribution in [0.25, 0.3) is 0 Å². The summed E-state index contributed by atoms with van der Waals surface area (Å²) in [6.07, 6.45) is 3.94. The summed E-state index contributed by atoms with van der Waals surface area (Å²) < 4.78 is 4.68. The highest BCUT2D eigenvalue weighted by molar-refractivity contribution is 5.94. The monoisotopic (exact) mass is 339 g/mol. The van der Waals surface area contributed by atoms with Crippen molar-refractivity contribution in [2.75, 3.05) is 20.2 Å². The number of benzene rings is 1. The molecule has 130 valence electrons. The van der Waals surface area contributed by atoms with E-state index in [4.69, 9.17) is 0 Å². The van der Waals surface area contributed by atoms with Gasteiger partial charge in [0, 0.05) is 30.3 Å². The molecule has 2 heterocycles. The highest BCUT2D eigenvalue weighted by atomic mass is 16.5. The number of piperidine rings is 1. The van der Waals surface area contributed by atoms with E-state index < -0.39 is 5.97 Å². The average molecular weight is 339 g/mol. The van der Waals surface area contributed by atoms with E-state index in [1.807, 2.05) is 17.0 Å². The van der Waals surface area contributed by atoms with E-state index in [-0.39, 0.29) is 11.8 Å². The predicted octanol–water partition coefficient (Wildman–Crippen LogP) is 2.31. The quantitative estimate of drug-likeness (QED) is 0.871. The summed E-state index contributed by atoms with van der Waals surface area (Å²) in [7, 11) is 1.35. The number of hydrogen-bond donors (Lipinski definition) is 1. The fourth-order valence-corrected chi connectivity index (χ4v) is 3.66. The van der Waals surface area contributed by atoms with Gasteiger partial charge in [0.25, 0.3) is 5.91 Å². The Hall–Kier alpha value is -2.63. The van der Waals surface area contributed by atoms with Crippen LogP contribution in [-0.2, 0) is 17.6 Å². The van der Waals surface area contributed by atoms with Crippen LogP contribution in [0, 0.1) is 0 Å². The Morgan fingerprint density at radius 2 is 1.92 bits per heavy atom. The molecule has 1 aliphatic carbocycles. The van der Waals surface area contributed by atoms with Crippen LogP contribution in [0.2, 0.25) is 0 Å². The first-order valence-corrected chi connectivity index (χ1v) is 8.70. The number of likely N-dealkylation sites (tertiary alicyclic amines) is 1. The number of rotatable bonds is 3. The molecule has 1 aliphatic heterocycles. The second kappa shape index (κ2) is 6.35. The Labute approximate surface area is 146 Å². The number of aryl methyl sites for hydroxylation is 2. The van der Waals surface area contributed by atoms with Crippen LogP contribution >= 0.6 is 0 Å². The van der Waals surface area contributed by atoms with Gasteiger partial charge in [-0.25, -0.2) is 4.79 Å². The average Bonchev–Trinajstić information content (AvgIpc) is 3.12. The van der Waals surface area contributed by atoms with Gasteiger partial charge >= 0.3 is 5.97 Å². The maximum atomic E-state index is 12.7. The number of methoxy groups -OCH3 is 1. The number of carbonyl (C=O) groups is 2. The summed E-state index contributed by atoms with van der Waals surface area (Å²) >= 11 is 0. The summed E-state index contributed by atoms with van der Waals surface area (Å²) in [5, 5.41) is 6.94. The van der Waals surface area contributed by atoms with Crippen molar-refractivity contribution in [1.82, 2.24) is 15.1 Å². The summed E-state index contributed by atoms with van der Waals surface area (Å²) in [6, 6.07) is 7.83. The minimum absolute atomic E-state index is 0.119. The second-order valence-corrected chi connectivity index (χ2v) is 6.75. The topological polar surface area (TPSA) is 75.3 Å². The number of aromatic amines is 1. The van der Waals surface area contributed by atoms with Crippen molar-refractivity contribution in [3.05, 3.63) is 52.3 Å². The molecule has 2 aromatic rings. The van der Waals surface area contributed by atoms with E-state index in [0.29, 0.717) is 18.8 Å². The molecule has 0 atom stereocenters. The Morgan fingerprint density at radius 3 is 2.56 bits per heavy atom. The van der Waals surface area contributed by atoms with Crippen molar-refractivity contribution >= 4 is 11.9 Å². The lowest BCUT2D eigenvalue weighted by molar-refractivity contribution is 0.0593. The number of carbonyl (C=O) groups excluding carboxylic acids is 2. The van der Waals surface area contributed by atoms with Crippen LogP contribution in [-0.4, -0.2) is 47.2 Å². The highest BCUT2D eigenvalue weighted by Gasteiger charge is 2.27. The molecular formula is C19H21N3O3. The van der Waals surface area contributed by atoms with E-state index in [2.05, 4.69) is 21.0 Å². The highest BCUT2D eigenvalue weighted by Crippen LogP contribution is 2.29. The number of ether oxygens (including phenoxy) is 1. The molecule has 0 spiro atoms. The minimum Gasteiger partial charge on any atom is -0.464 e. The first kappa shape index (κ1) is 15.9. The standard InChI is InChI=1S/C19H21N3O3/c1-25-19(24)17-11-16(20-21-17)13-6-8-22(9-7-13)18(23)15-5-3-12-2-4-14(12)10-15/h3,5,10-11,13H,2,4,6-9H2,1H3,(H,20,21). The van der Waals surface area contributed by atoms with Crippen molar-refractivity contribution in [2.24, 2.45) is 0 Å². The zero-order valence-electron chi connectivity index (χ0n) is 14.2. The lowest BCUT2D eigenvalue weighted by Crippen LogP contribution is -2.38. The molecule has 1 aromatic heterocycles. The molecule has 1 amide bonds. The van der Waals surface area contributed by atoms with Gasteiger partial charge in [-0.1, -0.05) is 6.07 Å². The van der Waals surface area contributed by atoms with E-state index in [0.717, 1.165) is 36.9 Å². The molecule has 6 nitrogen and oxygen atoms in total. The summed E-state index contributed by atoms with van der Waals surface area (Å²) in [5.74, 6) is -0.0319. The molecule has 25 heavy (non-hydrogen) atoms. The molecule has 1 saturated heterocycles. The molecule has 0 radical (unpaired) electrons. The molecule has 1 N–H and O–H groups in total. The number of H-pyrrole nitrogens is 1. The molecule has 1 fully saturated rings. The predicted molar refractivity (Wildman–Crippen MR) is 91.7 cm³/mol. The SMILES string of the molecule is COC(=O)c1cc(C2CCN(C(=O)c3ccc4c(c3)CC4)CC2)[nH]n1. The molecule has 4 rings (SSSR count). The molecule has 0 unspecified atom stereocenters. The van der Waals surface area contributed by atoms with Gasteiger partial charge in [-0.05, 0) is 55.0 Å². The van der Waals surface area contributed by atoms with Crippen molar-refractivity contribution in [1.29, 1.82) is 0 Å². The summed E-state index contributed by atoms with van der Waals surface area (Å²) in [6.45, 7) is 1.43. The smallest absolute Gasteiger partial charge is 0.358 e. The van der Waals surface area contributed by atoms with E-state index >= 15 is 0 Å². The number of esters is 1. The fraction of sp³-hybridized carbons (Fsp3) is 0.421. The number of hydrogen-bond acceptors (Lipinski definition) is 4. The van der Waals surface area contributed by atoms with Crippen LogP contribution in [0.3, 0.4) is 0 Å². The zero-order valence-corrected chi connectivity index (χ0v) is 14.2. The third-order valence-electron chi connectivity index (χ3n) is 5.33. The number of nitrogens with one attached hydrogen (secondary N) is 1. The number of aromatic nitrogens is 2.